The van der Waals surface area contributed by atoms with E-state index in [9.17, 15) is 0 Å². The number of ether oxygens (including phenoxy) is 3. The molecule has 0 saturated carbocycles. The van der Waals surface area contributed by atoms with Crippen LogP contribution in [0.1, 0.15) is 12.5 Å². The SMILES string of the molecule is CCNC(=NCC1CN(C)CCO1)NCCc1ccc2c(c1)OCO2. The Morgan fingerprint density at radius 3 is 3.00 bits per heavy atom. The Balaban J connectivity index is 1.47. The van der Waals surface area contributed by atoms with E-state index in [1.165, 1.54) is 5.56 Å². The average molecular weight is 348 g/mol. The first-order valence-corrected chi connectivity index (χ1v) is 8.95. The molecule has 138 valence electrons. The average Bonchev–Trinajstić information content (AvgIpc) is 3.07. The molecule has 1 unspecified atom stereocenters. The molecule has 1 fully saturated rings. The molecule has 7 nitrogen and oxygen atoms in total. The third-order valence-corrected chi connectivity index (χ3v) is 4.28. The first-order chi connectivity index (χ1) is 12.2. The molecule has 7 heteroatoms. The third-order valence-electron chi connectivity index (χ3n) is 4.28. The normalized spacial score (nSPS) is 20.6. The Hall–Kier alpha value is -1.99. The van der Waals surface area contributed by atoms with Crippen molar-refractivity contribution in [1.82, 2.24) is 15.5 Å². The van der Waals surface area contributed by atoms with Crippen molar-refractivity contribution in [2.24, 2.45) is 4.99 Å². The van der Waals surface area contributed by atoms with Gasteiger partial charge in [-0.25, -0.2) is 0 Å². The number of likely N-dealkylation sites (N-methyl/N-ethyl adjacent to an activating group) is 1. The first kappa shape index (κ1) is 17.8. The largest absolute Gasteiger partial charge is 0.454 e. The van der Waals surface area contributed by atoms with Crippen LogP contribution in [0.4, 0.5) is 0 Å². The van der Waals surface area contributed by atoms with E-state index in [4.69, 9.17) is 14.2 Å². The number of hydrogen-bond acceptors (Lipinski definition) is 5. The summed E-state index contributed by atoms with van der Waals surface area (Å²) in [6.45, 7) is 7.40. The van der Waals surface area contributed by atoms with Crippen LogP contribution >= 0.6 is 0 Å². The van der Waals surface area contributed by atoms with E-state index >= 15 is 0 Å². The fraction of sp³-hybridized carbons (Fsp3) is 0.611. The van der Waals surface area contributed by atoms with Gasteiger partial charge in [-0.1, -0.05) is 6.07 Å². The molecule has 1 atom stereocenters. The molecule has 1 aromatic rings. The zero-order valence-corrected chi connectivity index (χ0v) is 15.1. The van der Waals surface area contributed by atoms with E-state index in [1.54, 1.807) is 0 Å². The van der Waals surface area contributed by atoms with E-state index in [-0.39, 0.29) is 6.10 Å². The smallest absolute Gasteiger partial charge is 0.231 e. The van der Waals surface area contributed by atoms with Crippen LogP contribution in [0.25, 0.3) is 0 Å². The lowest BCUT2D eigenvalue weighted by Gasteiger charge is -2.29. The van der Waals surface area contributed by atoms with Crippen LogP contribution in [0.2, 0.25) is 0 Å². The molecule has 0 aromatic heterocycles. The summed E-state index contributed by atoms with van der Waals surface area (Å²) in [6.07, 6.45) is 1.06. The number of nitrogens with one attached hydrogen (secondary N) is 2. The Morgan fingerprint density at radius 1 is 1.28 bits per heavy atom. The van der Waals surface area contributed by atoms with Crippen molar-refractivity contribution >= 4 is 5.96 Å². The lowest BCUT2D eigenvalue weighted by molar-refractivity contribution is -0.0136. The van der Waals surface area contributed by atoms with Crippen LogP contribution in [-0.2, 0) is 11.2 Å². The van der Waals surface area contributed by atoms with Crippen LogP contribution in [-0.4, -0.2) is 70.1 Å². The number of nitrogens with zero attached hydrogens (tertiary/aromatic N) is 2. The lowest BCUT2D eigenvalue weighted by atomic mass is 10.1. The highest BCUT2D eigenvalue weighted by Crippen LogP contribution is 2.32. The zero-order valence-electron chi connectivity index (χ0n) is 15.1. The number of rotatable bonds is 6. The van der Waals surface area contributed by atoms with Crippen LogP contribution < -0.4 is 20.1 Å². The second kappa shape index (κ2) is 8.92. The molecule has 3 rings (SSSR count). The van der Waals surface area contributed by atoms with Gasteiger partial charge in [0.1, 0.15) is 0 Å². The fourth-order valence-electron chi connectivity index (χ4n) is 2.93. The van der Waals surface area contributed by atoms with E-state index in [1.807, 2.05) is 12.1 Å². The van der Waals surface area contributed by atoms with Crippen molar-refractivity contribution in [2.75, 3.05) is 53.2 Å². The number of morpholine rings is 1. The van der Waals surface area contributed by atoms with Crippen molar-refractivity contribution in [2.45, 2.75) is 19.4 Å². The van der Waals surface area contributed by atoms with Gasteiger partial charge in [-0.15, -0.1) is 0 Å². The number of aliphatic imine (C=N–C) groups is 1. The molecule has 2 N–H and O–H groups in total. The maximum atomic E-state index is 5.76. The summed E-state index contributed by atoms with van der Waals surface area (Å²) in [6, 6.07) is 6.08. The van der Waals surface area contributed by atoms with E-state index in [2.05, 4.69) is 40.6 Å². The zero-order chi connectivity index (χ0) is 17.5. The summed E-state index contributed by atoms with van der Waals surface area (Å²) in [5.41, 5.74) is 1.21. The number of guanidine groups is 1. The molecular weight excluding hydrogens is 320 g/mol. The fourth-order valence-corrected chi connectivity index (χ4v) is 2.93. The Morgan fingerprint density at radius 2 is 2.16 bits per heavy atom. The van der Waals surface area contributed by atoms with Gasteiger partial charge in [0.05, 0.1) is 19.3 Å². The summed E-state index contributed by atoms with van der Waals surface area (Å²) < 4.78 is 16.5. The van der Waals surface area contributed by atoms with Crippen LogP contribution in [0.3, 0.4) is 0 Å². The molecule has 2 aliphatic heterocycles. The molecule has 0 amide bonds. The van der Waals surface area contributed by atoms with Crippen LogP contribution in [0, 0.1) is 0 Å². The molecule has 25 heavy (non-hydrogen) atoms. The van der Waals surface area contributed by atoms with Crippen molar-refractivity contribution in [3.8, 4) is 11.5 Å². The summed E-state index contributed by atoms with van der Waals surface area (Å²) in [7, 11) is 2.12. The van der Waals surface area contributed by atoms with Gasteiger partial charge in [0.2, 0.25) is 6.79 Å². The van der Waals surface area contributed by atoms with Crippen LogP contribution in [0.15, 0.2) is 23.2 Å². The Kier molecular flexibility index (Phi) is 6.36. The van der Waals surface area contributed by atoms with Gasteiger partial charge >= 0.3 is 0 Å². The molecule has 1 aromatic carbocycles. The molecule has 1 saturated heterocycles. The quantitative estimate of drug-likeness (QED) is 0.587. The minimum Gasteiger partial charge on any atom is -0.454 e. The van der Waals surface area contributed by atoms with Crippen molar-refractivity contribution in [3.63, 3.8) is 0 Å². The van der Waals surface area contributed by atoms with E-state index in [0.717, 1.165) is 56.7 Å². The second-order valence-corrected chi connectivity index (χ2v) is 6.34. The summed E-state index contributed by atoms with van der Waals surface area (Å²) >= 11 is 0. The molecular formula is C18H28N4O3. The van der Waals surface area contributed by atoms with Crippen LogP contribution in [0.5, 0.6) is 11.5 Å². The monoisotopic (exact) mass is 348 g/mol. The van der Waals surface area contributed by atoms with E-state index in [0.29, 0.717) is 13.3 Å². The lowest BCUT2D eigenvalue weighted by Crippen LogP contribution is -2.43. The third kappa shape index (κ3) is 5.24. The maximum Gasteiger partial charge on any atom is 0.231 e. The molecule has 0 radical (unpaired) electrons. The highest BCUT2D eigenvalue weighted by molar-refractivity contribution is 5.79. The van der Waals surface area contributed by atoms with Crippen molar-refractivity contribution < 1.29 is 14.2 Å². The van der Waals surface area contributed by atoms with Gasteiger partial charge in [0.25, 0.3) is 0 Å². The predicted octanol–water partition coefficient (Wildman–Crippen LogP) is 0.844. The summed E-state index contributed by atoms with van der Waals surface area (Å²) in [5.74, 6) is 2.49. The van der Waals surface area contributed by atoms with Gasteiger partial charge in [0.15, 0.2) is 17.5 Å². The number of benzene rings is 1. The van der Waals surface area contributed by atoms with Crippen molar-refractivity contribution in [3.05, 3.63) is 23.8 Å². The highest BCUT2D eigenvalue weighted by atomic mass is 16.7. The maximum absolute atomic E-state index is 5.76. The Bertz CT molecular complexity index is 594. The van der Waals surface area contributed by atoms with E-state index < -0.39 is 0 Å². The van der Waals surface area contributed by atoms with Gasteiger partial charge in [-0.05, 0) is 38.1 Å². The first-order valence-electron chi connectivity index (χ1n) is 8.95. The molecule has 2 aliphatic rings. The summed E-state index contributed by atoms with van der Waals surface area (Å²) in [4.78, 5) is 6.94. The Labute approximate surface area is 149 Å². The highest BCUT2D eigenvalue weighted by Gasteiger charge is 2.17. The molecule has 0 spiro atoms. The standard InChI is InChI=1S/C18H28N4O3/c1-3-19-18(21-11-15-12-22(2)8-9-23-15)20-7-6-14-4-5-16-17(10-14)25-13-24-16/h4-5,10,15H,3,6-9,11-13H2,1-2H3,(H2,19,20,21). The van der Waals surface area contributed by atoms with Gasteiger partial charge in [-0.2, -0.15) is 0 Å². The van der Waals surface area contributed by atoms with Crippen molar-refractivity contribution in [1.29, 1.82) is 0 Å². The molecule has 0 bridgehead atoms. The number of hydrogen-bond donors (Lipinski definition) is 2. The predicted molar refractivity (Wildman–Crippen MR) is 97.5 cm³/mol. The number of fused-ring (bicyclic) bond motifs is 1. The topological polar surface area (TPSA) is 67.4 Å². The molecule has 0 aliphatic carbocycles. The summed E-state index contributed by atoms with van der Waals surface area (Å²) in [5, 5.41) is 6.67. The van der Waals surface area contributed by atoms with Gasteiger partial charge in [-0.3, -0.25) is 4.99 Å². The molecule has 2 heterocycles. The minimum atomic E-state index is 0.170. The van der Waals surface area contributed by atoms with Gasteiger partial charge in [0, 0.05) is 26.2 Å². The minimum absolute atomic E-state index is 0.170. The van der Waals surface area contributed by atoms with Gasteiger partial charge < -0.3 is 29.7 Å². The second-order valence-electron chi connectivity index (χ2n) is 6.34.